The summed E-state index contributed by atoms with van der Waals surface area (Å²) in [5, 5.41) is 5.97. The third-order valence-corrected chi connectivity index (χ3v) is 5.96. The molecule has 0 aromatic carbocycles. The van der Waals surface area contributed by atoms with Gasteiger partial charge in [0.25, 0.3) is 0 Å². The van der Waals surface area contributed by atoms with E-state index in [9.17, 15) is 19.8 Å². The molecule has 0 aromatic rings. The molecule has 0 bridgehead atoms. The van der Waals surface area contributed by atoms with Crippen molar-refractivity contribution in [3.8, 4) is 0 Å². The maximum Gasteiger partial charge on any atom is 1.00 e. The summed E-state index contributed by atoms with van der Waals surface area (Å²) in [7, 11) is -10.9. The molecule has 12 heteroatoms. The first-order chi connectivity index (χ1) is 7.06. The number of hydrogen-bond donors (Lipinski definition) is 5. The van der Waals surface area contributed by atoms with Gasteiger partial charge in [0.2, 0.25) is 0 Å². The molecule has 0 fully saturated rings. The summed E-state index contributed by atoms with van der Waals surface area (Å²) in [5.41, 5.74) is 5.17. The third-order valence-electron chi connectivity index (χ3n) is 2.14. The fraction of sp³-hybridized carbons (Fsp3) is 1.00. The summed E-state index contributed by atoms with van der Waals surface area (Å²) in [6.07, 6.45) is 0.241. The maximum atomic E-state index is 10.9. The van der Waals surface area contributed by atoms with Crippen molar-refractivity contribution >= 4 is 15.9 Å². The summed E-state index contributed by atoms with van der Waals surface area (Å²) in [5.74, 6) is 0. The number of unbranched alkanes of at least 4 members (excludes halogenated alkanes) is 2. The molecule has 0 radical (unpaired) electrons. The Bertz CT molecular complexity index is 209. The van der Waals surface area contributed by atoms with Crippen molar-refractivity contribution in [2.45, 2.75) is 30.8 Å². The molecule has 0 heterocycles. The predicted molar refractivity (Wildman–Crippen MR) is 53.0 cm³/mol. The van der Waals surface area contributed by atoms with E-state index in [1.54, 1.807) is 0 Å². The minimum Gasteiger partial charge on any atom is -0.654 e. The van der Waals surface area contributed by atoms with Gasteiger partial charge in [-0.15, -0.1) is 0 Å². The van der Waals surface area contributed by atoms with Crippen LogP contribution in [0, 0.1) is 0 Å². The molecule has 0 saturated heterocycles. The molecule has 8 nitrogen and oxygen atoms in total. The molecule has 6 N–H and O–H groups in total. The van der Waals surface area contributed by atoms with Crippen LogP contribution in [-0.4, -0.2) is 31.4 Å². The van der Waals surface area contributed by atoms with Crippen LogP contribution in [-0.2, 0) is 0 Å². The van der Waals surface area contributed by atoms with Crippen molar-refractivity contribution in [2.75, 3.05) is 6.54 Å². The van der Waals surface area contributed by atoms with Crippen LogP contribution in [0.25, 0.3) is 0 Å². The zero-order valence-corrected chi connectivity index (χ0v) is 16.3. The fourth-order valence-electron chi connectivity index (χ4n) is 1.13. The first-order valence-electron chi connectivity index (χ1n) is 4.58. The third kappa shape index (κ3) is 7.52. The molecular weight excluding hydrogens is 306 g/mol. The van der Waals surface area contributed by atoms with Gasteiger partial charge in [-0.25, -0.2) is 9.79 Å². The second kappa shape index (κ2) is 10.3. The van der Waals surface area contributed by atoms with Gasteiger partial charge in [-0.1, -0.05) is 6.42 Å². The van der Waals surface area contributed by atoms with E-state index in [-0.39, 0.29) is 65.5 Å². The summed E-state index contributed by atoms with van der Waals surface area (Å²) in [6, 6.07) is 0. The molecule has 0 amide bonds. The van der Waals surface area contributed by atoms with Crippen LogP contribution >= 0.6 is 15.9 Å². The van der Waals surface area contributed by atoms with Gasteiger partial charge in [-0.05, 0) is 19.4 Å². The van der Waals surface area contributed by atoms with Gasteiger partial charge >= 0.3 is 72.1 Å². The molecule has 0 rings (SSSR count). The summed E-state index contributed by atoms with van der Waals surface area (Å²) < 4.78 is 0. The van der Waals surface area contributed by atoms with E-state index in [0.29, 0.717) is 19.4 Å². The summed E-state index contributed by atoms with van der Waals surface area (Å²) in [4.78, 5) is 58.5. The Balaban J connectivity index is -0.00000112. The van der Waals surface area contributed by atoms with Gasteiger partial charge in [0.15, 0.2) is 0 Å². The monoisotopic (exact) mass is 322 g/mol. The molecule has 1 unspecified atom stereocenters. The Morgan fingerprint density at radius 2 is 1.39 bits per heavy atom. The largest absolute Gasteiger partial charge is 1.00 e. The van der Waals surface area contributed by atoms with E-state index in [4.69, 9.17) is 20.4 Å². The quantitative estimate of drug-likeness (QED) is 0.174. The van der Waals surface area contributed by atoms with Crippen LogP contribution in [0.1, 0.15) is 25.7 Å². The predicted octanol–water partition coefficient (Wildman–Crippen LogP) is -9.26. The van der Waals surface area contributed by atoms with Crippen molar-refractivity contribution in [2.24, 2.45) is 5.73 Å². The van der Waals surface area contributed by atoms with E-state index >= 15 is 0 Å². The molecule has 0 saturated carbocycles. The Labute approximate surface area is 151 Å². The average molecular weight is 322 g/mol. The van der Waals surface area contributed by atoms with Crippen molar-refractivity contribution < 1.29 is 93.6 Å². The van der Waals surface area contributed by atoms with Gasteiger partial charge in [-0.3, -0.25) is 4.89 Å². The number of rotatable bonds is 7. The molecule has 0 aliphatic carbocycles. The fourth-order valence-corrected chi connectivity index (χ4v) is 3.34. The first-order valence-corrected chi connectivity index (χ1v) is 7.77. The molecular formula is C6H16NNa2O7P2+. The van der Waals surface area contributed by atoms with E-state index < -0.39 is 27.4 Å². The Hall–Kier alpha value is 2.54. The second-order valence-corrected chi connectivity index (χ2v) is 7.40. The zero-order valence-electron chi connectivity index (χ0n) is 10.5. The van der Waals surface area contributed by atoms with Gasteiger partial charge < -0.3 is 25.5 Å². The summed E-state index contributed by atoms with van der Waals surface area (Å²) >= 11 is 0. The van der Waals surface area contributed by atoms with Crippen molar-refractivity contribution in [3.05, 3.63) is 0 Å². The van der Waals surface area contributed by atoms with Crippen LogP contribution in [0.2, 0.25) is 0 Å². The minimum atomic E-state index is -5.55. The number of aliphatic hydroxyl groups is 1. The van der Waals surface area contributed by atoms with E-state index in [2.05, 4.69) is 0 Å². The topological polar surface area (TPSA) is 176 Å². The van der Waals surface area contributed by atoms with Gasteiger partial charge in [0.1, 0.15) is 7.94 Å². The van der Waals surface area contributed by atoms with Crippen LogP contribution in [0.4, 0.5) is 0 Å². The van der Waals surface area contributed by atoms with E-state index in [1.807, 2.05) is 0 Å². The van der Waals surface area contributed by atoms with Gasteiger partial charge in [0, 0.05) is 0 Å². The van der Waals surface area contributed by atoms with Crippen molar-refractivity contribution in [3.63, 3.8) is 0 Å². The van der Waals surface area contributed by atoms with Gasteiger partial charge in [0.05, 0.1) is 6.42 Å². The minimum absolute atomic E-state index is 0. The van der Waals surface area contributed by atoms with Crippen molar-refractivity contribution in [1.82, 2.24) is 0 Å². The normalized spacial score (nSPS) is 15.3. The van der Waals surface area contributed by atoms with Crippen LogP contribution < -0.4 is 79.5 Å². The second-order valence-electron chi connectivity index (χ2n) is 3.44. The molecule has 1 atom stereocenters. The summed E-state index contributed by atoms with van der Waals surface area (Å²) in [6.45, 7) is 0.350. The Morgan fingerprint density at radius 1 is 0.944 bits per heavy atom. The first kappa shape index (κ1) is 25.5. The van der Waals surface area contributed by atoms with Crippen LogP contribution in [0.5, 0.6) is 0 Å². The number of nitrogens with two attached hydrogens (primary N) is 1. The number of hydrogen-bond acceptors (Lipinski definition) is 8. The van der Waals surface area contributed by atoms with Crippen LogP contribution in [0.3, 0.4) is 0 Å². The maximum absolute atomic E-state index is 10.9. The smallest absolute Gasteiger partial charge is 0.654 e. The molecule has 0 aliphatic rings. The molecule has 0 spiro atoms. The average Bonchev–Trinajstić information content (AvgIpc) is 2.08. The van der Waals surface area contributed by atoms with E-state index in [0.717, 1.165) is 0 Å². The Kier molecular flexibility index (Phi) is 14.6. The molecule has 0 aromatic heterocycles. The van der Waals surface area contributed by atoms with Crippen molar-refractivity contribution in [1.29, 1.82) is 0 Å². The van der Waals surface area contributed by atoms with Gasteiger partial charge in [-0.2, -0.15) is 0 Å². The van der Waals surface area contributed by atoms with Crippen LogP contribution in [0.15, 0.2) is 0 Å². The SMILES string of the molecule is NCCCCCC(O)([P+]([O-])([O-])O)[P+]([O-])(O)O.[Na+].[Na+]. The standard InChI is InChI=1S/C6H17NO7P2.2Na/c7-5-3-1-2-4-6(8,15(9,10)11)16(12,13)14;;/h8H,1-5,7H2,(H2,9,10,11)(H2,12,13,14);;/q;2*+1/p-1. The molecule has 0 aliphatic heterocycles. The zero-order chi connectivity index (χ0) is 13.0. The molecule has 18 heavy (non-hydrogen) atoms. The van der Waals surface area contributed by atoms with E-state index in [1.165, 1.54) is 0 Å². The molecule has 98 valence electrons. The Morgan fingerprint density at radius 3 is 1.67 bits per heavy atom.